The number of hydrogen-bond acceptors (Lipinski definition) is 3. The van der Waals surface area contributed by atoms with Crippen molar-refractivity contribution < 1.29 is 14.3 Å². The quantitative estimate of drug-likeness (QED) is 0.414. The zero-order chi connectivity index (χ0) is 13.2. The maximum Gasteiger partial charge on any atom is 0.309 e. The number of ether oxygens (including phenoxy) is 2. The fourth-order valence-electron chi connectivity index (χ4n) is 2.93. The molecule has 0 radical (unpaired) electrons. The zero-order valence-corrected chi connectivity index (χ0v) is 11.5. The summed E-state index contributed by atoms with van der Waals surface area (Å²) in [5.74, 6) is -0.0391. The summed E-state index contributed by atoms with van der Waals surface area (Å²) in [6.45, 7) is 8.16. The lowest BCUT2D eigenvalue weighted by atomic mass is 9.79. The minimum Gasteiger partial charge on any atom is -0.461 e. The number of fused-ring (bicyclic) bond motifs is 1. The predicted molar refractivity (Wildman–Crippen MR) is 70.2 cm³/mol. The van der Waals surface area contributed by atoms with Gasteiger partial charge < -0.3 is 9.47 Å². The highest BCUT2D eigenvalue weighted by atomic mass is 16.6. The third-order valence-corrected chi connectivity index (χ3v) is 4.02. The van der Waals surface area contributed by atoms with Crippen molar-refractivity contribution in [2.24, 2.45) is 5.92 Å². The van der Waals surface area contributed by atoms with E-state index in [2.05, 4.69) is 13.5 Å². The topological polar surface area (TPSA) is 38.8 Å². The van der Waals surface area contributed by atoms with Crippen LogP contribution in [0.2, 0.25) is 0 Å². The minimum absolute atomic E-state index is 0.0150. The van der Waals surface area contributed by atoms with Crippen LogP contribution in [0.3, 0.4) is 0 Å². The van der Waals surface area contributed by atoms with Crippen LogP contribution < -0.4 is 0 Å². The van der Waals surface area contributed by atoms with Crippen molar-refractivity contribution >= 4 is 5.97 Å². The Kier molecular flexibility index (Phi) is 4.10. The molecule has 0 bridgehead atoms. The molecule has 1 saturated heterocycles. The van der Waals surface area contributed by atoms with Gasteiger partial charge in [-0.05, 0) is 38.2 Å². The van der Waals surface area contributed by atoms with Crippen LogP contribution in [0, 0.1) is 5.92 Å². The third-order valence-electron chi connectivity index (χ3n) is 4.02. The van der Waals surface area contributed by atoms with E-state index in [1.807, 2.05) is 6.92 Å². The molecule has 0 spiro atoms. The lowest BCUT2D eigenvalue weighted by Gasteiger charge is -2.24. The number of carbonyl (C=O) groups is 1. The Morgan fingerprint density at radius 3 is 2.94 bits per heavy atom. The highest BCUT2D eigenvalue weighted by molar-refractivity contribution is 5.73. The molecule has 0 aromatic rings. The van der Waals surface area contributed by atoms with Crippen LogP contribution in [0.1, 0.15) is 52.4 Å². The molecule has 3 nitrogen and oxygen atoms in total. The Balaban J connectivity index is 1.84. The molecular formula is C15H24O3. The lowest BCUT2D eigenvalue weighted by Crippen LogP contribution is -2.31. The molecule has 2 aliphatic rings. The minimum atomic E-state index is -0.0668. The summed E-state index contributed by atoms with van der Waals surface area (Å²) in [5.41, 5.74) is 0.904. The van der Waals surface area contributed by atoms with E-state index in [1.54, 1.807) is 0 Å². The van der Waals surface area contributed by atoms with Crippen molar-refractivity contribution in [3.8, 4) is 0 Å². The maximum absolute atomic E-state index is 12.0. The van der Waals surface area contributed by atoms with Gasteiger partial charge in [-0.1, -0.05) is 26.3 Å². The fraction of sp³-hybridized carbons (Fsp3) is 0.800. The van der Waals surface area contributed by atoms with Gasteiger partial charge in [0, 0.05) is 0 Å². The number of esters is 1. The Bertz CT molecular complexity index is 337. The standard InChI is InChI=1S/C15H24O3/c1-4-5-8-15-9-12(6-7-13(15)18-15)14(16)17-10-11(2)3/h12-13H,2,4-10H2,1,3H3. The van der Waals surface area contributed by atoms with E-state index in [4.69, 9.17) is 9.47 Å². The average Bonchev–Trinajstić information content (AvgIpc) is 3.07. The van der Waals surface area contributed by atoms with Gasteiger partial charge in [0.25, 0.3) is 0 Å². The molecule has 3 atom stereocenters. The maximum atomic E-state index is 12.0. The zero-order valence-electron chi connectivity index (χ0n) is 11.5. The molecule has 1 heterocycles. The molecular weight excluding hydrogens is 228 g/mol. The number of hydrogen-bond donors (Lipinski definition) is 0. The second-order valence-corrected chi connectivity index (χ2v) is 5.82. The van der Waals surface area contributed by atoms with Crippen molar-refractivity contribution in [1.29, 1.82) is 0 Å². The fourth-order valence-corrected chi connectivity index (χ4v) is 2.93. The lowest BCUT2D eigenvalue weighted by molar-refractivity contribution is -0.148. The van der Waals surface area contributed by atoms with Crippen molar-refractivity contribution in [1.82, 2.24) is 0 Å². The number of unbranched alkanes of at least 4 members (excludes halogenated alkanes) is 1. The number of rotatable bonds is 6. The highest BCUT2D eigenvalue weighted by Crippen LogP contribution is 2.52. The molecule has 3 heteroatoms. The Labute approximate surface area is 110 Å². The van der Waals surface area contributed by atoms with Crippen LogP contribution in [0.5, 0.6) is 0 Å². The SMILES string of the molecule is C=C(C)COC(=O)C1CCC2OC2(CCCC)C1. The van der Waals surface area contributed by atoms with Crippen molar-refractivity contribution in [2.45, 2.75) is 64.1 Å². The van der Waals surface area contributed by atoms with Gasteiger partial charge in [-0.25, -0.2) is 0 Å². The first-order chi connectivity index (χ1) is 8.57. The van der Waals surface area contributed by atoms with Crippen LogP contribution >= 0.6 is 0 Å². The first-order valence-corrected chi connectivity index (χ1v) is 7.06. The molecule has 0 aromatic carbocycles. The van der Waals surface area contributed by atoms with E-state index in [0.29, 0.717) is 12.7 Å². The Morgan fingerprint density at radius 1 is 1.50 bits per heavy atom. The van der Waals surface area contributed by atoms with E-state index in [9.17, 15) is 4.79 Å². The first kappa shape index (κ1) is 13.6. The van der Waals surface area contributed by atoms with E-state index in [1.165, 1.54) is 12.8 Å². The number of carbonyl (C=O) groups excluding carboxylic acids is 1. The molecule has 2 rings (SSSR count). The number of epoxide rings is 1. The molecule has 1 saturated carbocycles. The Hall–Kier alpha value is -0.830. The smallest absolute Gasteiger partial charge is 0.309 e. The van der Waals surface area contributed by atoms with Crippen LogP contribution in [-0.4, -0.2) is 24.3 Å². The van der Waals surface area contributed by atoms with Crippen LogP contribution in [0.4, 0.5) is 0 Å². The average molecular weight is 252 g/mol. The molecule has 0 N–H and O–H groups in total. The predicted octanol–water partition coefficient (Wildman–Crippen LogP) is 3.23. The molecule has 0 aromatic heterocycles. The van der Waals surface area contributed by atoms with Crippen molar-refractivity contribution in [3.05, 3.63) is 12.2 Å². The summed E-state index contributed by atoms with van der Waals surface area (Å²) in [6, 6.07) is 0. The second kappa shape index (κ2) is 5.43. The summed E-state index contributed by atoms with van der Waals surface area (Å²) < 4.78 is 11.1. The van der Waals surface area contributed by atoms with Crippen LogP contribution in [0.15, 0.2) is 12.2 Å². The van der Waals surface area contributed by atoms with Gasteiger partial charge in [0.1, 0.15) is 6.61 Å². The Morgan fingerprint density at radius 2 is 2.28 bits per heavy atom. The van der Waals surface area contributed by atoms with Crippen LogP contribution in [0.25, 0.3) is 0 Å². The van der Waals surface area contributed by atoms with Gasteiger partial charge in [0.15, 0.2) is 0 Å². The summed E-state index contributed by atoms with van der Waals surface area (Å²) in [6.07, 6.45) is 6.65. The largest absolute Gasteiger partial charge is 0.461 e. The summed E-state index contributed by atoms with van der Waals surface area (Å²) in [5, 5.41) is 0. The first-order valence-electron chi connectivity index (χ1n) is 7.06. The van der Waals surface area contributed by atoms with Crippen LogP contribution in [-0.2, 0) is 14.3 Å². The summed E-state index contributed by atoms with van der Waals surface area (Å²) in [7, 11) is 0. The highest BCUT2D eigenvalue weighted by Gasteiger charge is 2.59. The van der Waals surface area contributed by atoms with Gasteiger partial charge in [-0.3, -0.25) is 4.79 Å². The molecule has 0 amide bonds. The molecule has 102 valence electrons. The molecule has 18 heavy (non-hydrogen) atoms. The van der Waals surface area contributed by atoms with E-state index in [0.717, 1.165) is 31.3 Å². The van der Waals surface area contributed by atoms with Gasteiger partial charge in [-0.15, -0.1) is 0 Å². The summed E-state index contributed by atoms with van der Waals surface area (Å²) in [4.78, 5) is 12.0. The molecule has 3 unspecified atom stereocenters. The van der Waals surface area contributed by atoms with Gasteiger partial charge in [0.05, 0.1) is 17.6 Å². The molecule has 2 fully saturated rings. The van der Waals surface area contributed by atoms with E-state index >= 15 is 0 Å². The third kappa shape index (κ3) is 2.94. The monoisotopic (exact) mass is 252 g/mol. The van der Waals surface area contributed by atoms with Crippen molar-refractivity contribution in [3.63, 3.8) is 0 Å². The summed E-state index contributed by atoms with van der Waals surface area (Å²) >= 11 is 0. The van der Waals surface area contributed by atoms with Gasteiger partial charge >= 0.3 is 5.97 Å². The molecule has 1 aliphatic carbocycles. The normalized spacial score (nSPS) is 33.7. The van der Waals surface area contributed by atoms with E-state index in [-0.39, 0.29) is 17.5 Å². The molecule has 1 aliphatic heterocycles. The van der Waals surface area contributed by atoms with Gasteiger partial charge in [0.2, 0.25) is 0 Å². The second-order valence-electron chi connectivity index (χ2n) is 5.82. The van der Waals surface area contributed by atoms with Crippen molar-refractivity contribution in [2.75, 3.05) is 6.61 Å². The van der Waals surface area contributed by atoms with Gasteiger partial charge in [-0.2, -0.15) is 0 Å². The van der Waals surface area contributed by atoms with E-state index < -0.39 is 0 Å².